The van der Waals surface area contributed by atoms with E-state index in [1.807, 2.05) is 18.2 Å². The maximum Gasteiger partial charge on any atom is 0.295 e. The summed E-state index contributed by atoms with van der Waals surface area (Å²) in [7, 11) is 0. The van der Waals surface area contributed by atoms with E-state index in [-0.39, 0.29) is 0 Å². The highest BCUT2D eigenvalue weighted by atomic mass is 35.5. The molecule has 3 rings (SSSR count). The van der Waals surface area contributed by atoms with Crippen LogP contribution in [-0.4, -0.2) is 11.0 Å². The molecular formula is C15H19ClN2O. The van der Waals surface area contributed by atoms with E-state index in [4.69, 9.17) is 16.0 Å². The van der Waals surface area contributed by atoms with Gasteiger partial charge in [0.15, 0.2) is 5.58 Å². The molecule has 3 nitrogen and oxygen atoms in total. The van der Waals surface area contributed by atoms with Gasteiger partial charge in [0.05, 0.1) is 0 Å². The largest absolute Gasteiger partial charge is 0.423 e. The van der Waals surface area contributed by atoms with Gasteiger partial charge in [-0.05, 0) is 43.7 Å². The summed E-state index contributed by atoms with van der Waals surface area (Å²) in [6.07, 6.45) is 6.32. The van der Waals surface area contributed by atoms with E-state index in [9.17, 15) is 0 Å². The molecule has 1 fully saturated rings. The van der Waals surface area contributed by atoms with Crippen molar-refractivity contribution < 1.29 is 4.42 Å². The van der Waals surface area contributed by atoms with Gasteiger partial charge < -0.3 is 9.73 Å². The quantitative estimate of drug-likeness (QED) is 0.871. The van der Waals surface area contributed by atoms with Gasteiger partial charge in [0.25, 0.3) is 6.01 Å². The van der Waals surface area contributed by atoms with Crippen LogP contribution >= 0.6 is 11.6 Å². The maximum absolute atomic E-state index is 5.94. The molecule has 1 heterocycles. The minimum absolute atomic E-state index is 0.492. The lowest BCUT2D eigenvalue weighted by atomic mass is 9.85. The third kappa shape index (κ3) is 2.86. The lowest BCUT2D eigenvalue weighted by Gasteiger charge is -2.27. The number of nitrogens with one attached hydrogen (secondary N) is 1. The third-order valence-electron chi connectivity index (χ3n) is 4.10. The number of hydrogen-bond donors (Lipinski definition) is 1. The summed E-state index contributed by atoms with van der Waals surface area (Å²) in [4.78, 5) is 4.45. The van der Waals surface area contributed by atoms with Crippen molar-refractivity contribution in [1.29, 1.82) is 0 Å². The lowest BCUT2D eigenvalue weighted by molar-refractivity contribution is 0.327. The zero-order valence-electron chi connectivity index (χ0n) is 11.2. The Morgan fingerprint density at radius 1 is 1.32 bits per heavy atom. The van der Waals surface area contributed by atoms with E-state index in [1.165, 1.54) is 32.1 Å². The highest BCUT2D eigenvalue weighted by Gasteiger charge is 2.21. The monoisotopic (exact) mass is 278 g/mol. The Labute approximate surface area is 118 Å². The summed E-state index contributed by atoms with van der Waals surface area (Å²) in [5, 5.41) is 4.09. The fraction of sp³-hybridized carbons (Fsp3) is 0.533. The van der Waals surface area contributed by atoms with Gasteiger partial charge in [-0.2, -0.15) is 4.98 Å². The Kier molecular flexibility index (Phi) is 3.65. The number of oxazole rings is 1. The predicted molar refractivity (Wildman–Crippen MR) is 78.7 cm³/mol. The number of nitrogens with zero attached hydrogens (tertiary/aromatic N) is 1. The van der Waals surface area contributed by atoms with Gasteiger partial charge in [-0.1, -0.05) is 24.9 Å². The van der Waals surface area contributed by atoms with Gasteiger partial charge in [0, 0.05) is 17.1 Å². The van der Waals surface area contributed by atoms with E-state index in [1.54, 1.807) is 0 Å². The second-order valence-electron chi connectivity index (χ2n) is 5.40. The normalized spacial score (nSPS) is 23.7. The maximum atomic E-state index is 5.94. The summed E-state index contributed by atoms with van der Waals surface area (Å²) in [6, 6.07) is 6.65. The molecule has 19 heavy (non-hydrogen) atoms. The van der Waals surface area contributed by atoms with E-state index >= 15 is 0 Å². The molecule has 1 aliphatic rings. The Bertz CT molecular complexity index is 558. The standard InChI is InChI=1S/C15H19ClN2O/c1-2-10-3-6-12(7-4-10)17-15-18-13-8-5-11(16)9-14(13)19-15/h5,8-10,12H,2-4,6-7H2,1H3,(H,17,18). The second kappa shape index (κ2) is 5.41. The molecule has 0 radical (unpaired) electrons. The number of benzene rings is 1. The van der Waals surface area contributed by atoms with Gasteiger partial charge in [0.2, 0.25) is 0 Å². The highest BCUT2D eigenvalue weighted by molar-refractivity contribution is 6.31. The van der Waals surface area contributed by atoms with Gasteiger partial charge >= 0.3 is 0 Å². The lowest BCUT2D eigenvalue weighted by Crippen LogP contribution is -2.25. The van der Waals surface area contributed by atoms with Crippen LogP contribution in [0.5, 0.6) is 0 Å². The molecule has 1 saturated carbocycles. The smallest absolute Gasteiger partial charge is 0.295 e. The molecule has 0 bridgehead atoms. The summed E-state index contributed by atoms with van der Waals surface area (Å²) >= 11 is 5.94. The Morgan fingerprint density at radius 2 is 2.11 bits per heavy atom. The average Bonchev–Trinajstić information content (AvgIpc) is 2.81. The van der Waals surface area contributed by atoms with Gasteiger partial charge in [-0.3, -0.25) is 0 Å². The molecular weight excluding hydrogens is 260 g/mol. The first-order chi connectivity index (χ1) is 9.24. The molecule has 1 aliphatic carbocycles. The molecule has 0 atom stereocenters. The minimum Gasteiger partial charge on any atom is -0.423 e. The van der Waals surface area contributed by atoms with Crippen LogP contribution in [0.25, 0.3) is 11.1 Å². The fourth-order valence-electron chi connectivity index (χ4n) is 2.85. The molecule has 0 unspecified atom stereocenters. The summed E-state index contributed by atoms with van der Waals surface area (Å²) in [6.45, 7) is 2.28. The van der Waals surface area contributed by atoms with E-state index in [2.05, 4.69) is 17.2 Å². The summed E-state index contributed by atoms with van der Waals surface area (Å²) in [5.41, 5.74) is 1.60. The van der Waals surface area contributed by atoms with Gasteiger partial charge in [-0.15, -0.1) is 0 Å². The molecule has 102 valence electrons. The van der Waals surface area contributed by atoms with Gasteiger partial charge in [-0.25, -0.2) is 0 Å². The van der Waals surface area contributed by atoms with E-state index in [0.29, 0.717) is 17.1 Å². The number of aromatic nitrogens is 1. The summed E-state index contributed by atoms with van der Waals surface area (Å²) in [5.74, 6) is 0.903. The molecule has 1 aromatic heterocycles. The highest BCUT2D eigenvalue weighted by Crippen LogP contribution is 2.29. The van der Waals surface area contributed by atoms with Crippen LogP contribution in [0.2, 0.25) is 5.02 Å². The van der Waals surface area contributed by atoms with Crippen molar-refractivity contribution >= 4 is 28.7 Å². The SMILES string of the molecule is CCC1CCC(Nc2nc3ccc(Cl)cc3o2)CC1. The van der Waals surface area contributed by atoms with Crippen LogP contribution in [-0.2, 0) is 0 Å². The van der Waals surface area contributed by atoms with Crippen molar-refractivity contribution in [1.82, 2.24) is 4.98 Å². The van der Waals surface area contributed by atoms with Crippen LogP contribution in [0.3, 0.4) is 0 Å². The van der Waals surface area contributed by atoms with Crippen molar-refractivity contribution in [2.75, 3.05) is 5.32 Å². The Morgan fingerprint density at radius 3 is 2.84 bits per heavy atom. The molecule has 0 amide bonds. The minimum atomic E-state index is 0.492. The molecule has 2 aromatic rings. The fourth-order valence-corrected chi connectivity index (χ4v) is 3.01. The van der Waals surface area contributed by atoms with Crippen LogP contribution in [0.4, 0.5) is 6.01 Å². The third-order valence-corrected chi connectivity index (χ3v) is 4.34. The van der Waals surface area contributed by atoms with Crippen molar-refractivity contribution in [3.8, 4) is 0 Å². The molecule has 1 N–H and O–H groups in total. The van der Waals surface area contributed by atoms with Crippen LogP contribution in [0.1, 0.15) is 39.0 Å². The van der Waals surface area contributed by atoms with E-state index < -0.39 is 0 Å². The Hall–Kier alpha value is -1.22. The Balaban J connectivity index is 1.68. The molecule has 0 spiro atoms. The predicted octanol–water partition coefficient (Wildman–Crippen LogP) is 4.86. The van der Waals surface area contributed by atoms with E-state index in [0.717, 1.165) is 17.0 Å². The first-order valence-electron chi connectivity index (χ1n) is 7.07. The van der Waals surface area contributed by atoms with Crippen molar-refractivity contribution in [3.05, 3.63) is 23.2 Å². The number of anilines is 1. The van der Waals surface area contributed by atoms with Crippen LogP contribution in [0.15, 0.2) is 22.6 Å². The molecule has 0 saturated heterocycles. The van der Waals surface area contributed by atoms with Crippen molar-refractivity contribution in [3.63, 3.8) is 0 Å². The number of fused-ring (bicyclic) bond motifs is 1. The average molecular weight is 279 g/mol. The topological polar surface area (TPSA) is 38.1 Å². The zero-order chi connectivity index (χ0) is 13.2. The van der Waals surface area contributed by atoms with Crippen LogP contribution in [0, 0.1) is 5.92 Å². The molecule has 0 aliphatic heterocycles. The number of halogens is 1. The molecule has 1 aromatic carbocycles. The first kappa shape index (κ1) is 12.8. The first-order valence-corrected chi connectivity index (χ1v) is 7.45. The zero-order valence-corrected chi connectivity index (χ0v) is 11.9. The summed E-state index contributed by atoms with van der Waals surface area (Å²) < 4.78 is 5.70. The van der Waals surface area contributed by atoms with Crippen molar-refractivity contribution in [2.24, 2.45) is 5.92 Å². The number of rotatable bonds is 3. The van der Waals surface area contributed by atoms with Crippen LogP contribution < -0.4 is 5.32 Å². The van der Waals surface area contributed by atoms with Crippen molar-refractivity contribution in [2.45, 2.75) is 45.1 Å². The van der Waals surface area contributed by atoms with Gasteiger partial charge in [0.1, 0.15) is 5.52 Å². The second-order valence-corrected chi connectivity index (χ2v) is 5.84. The molecule has 4 heteroatoms. The number of hydrogen-bond acceptors (Lipinski definition) is 3.